The summed E-state index contributed by atoms with van der Waals surface area (Å²) in [5.74, 6) is -2.29. The smallest absolute Gasteiger partial charge is 0.256 e. The molecule has 1 atom stereocenters. The SMILES string of the molecule is Cl.N[C@@H](Cc1ccccc1)C(=O)N1CCN(C(=O)c2ccc(F)cc2F)CC1. The first kappa shape index (κ1) is 21.8. The first-order valence-electron chi connectivity index (χ1n) is 8.78. The van der Waals surface area contributed by atoms with Gasteiger partial charge in [0.05, 0.1) is 11.6 Å². The molecule has 1 aliphatic rings. The van der Waals surface area contributed by atoms with Crippen molar-refractivity contribution < 1.29 is 18.4 Å². The third-order valence-electron chi connectivity index (χ3n) is 4.66. The number of hydrogen-bond acceptors (Lipinski definition) is 3. The van der Waals surface area contributed by atoms with Crippen molar-refractivity contribution in [1.29, 1.82) is 0 Å². The normalized spacial score (nSPS) is 15.0. The molecule has 3 rings (SSSR count). The van der Waals surface area contributed by atoms with Crippen molar-refractivity contribution in [3.63, 3.8) is 0 Å². The van der Waals surface area contributed by atoms with Crippen molar-refractivity contribution in [1.82, 2.24) is 9.80 Å². The molecule has 2 amide bonds. The third-order valence-corrected chi connectivity index (χ3v) is 4.66. The molecule has 0 bridgehead atoms. The lowest BCUT2D eigenvalue weighted by Gasteiger charge is -2.36. The largest absolute Gasteiger partial charge is 0.338 e. The number of rotatable bonds is 4. The minimum absolute atomic E-state index is 0. The van der Waals surface area contributed by atoms with Crippen LogP contribution in [0.1, 0.15) is 15.9 Å². The number of benzene rings is 2. The Bertz CT molecular complexity index is 827. The highest BCUT2D eigenvalue weighted by Gasteiger charge is 2.28. The van der Waals surface area contributed by atoms with E-state index < -0.39 is 23.6 Å². The average molecular weight is 410 g/mol. The molecule has 2 aromatic rings. The van der Waals surface area contributed by atoms with Crippen molar-refractivity contribution >= 4 is 24.2 Å². The Balaban J connectivity index is 0.00000280. The van der Waals surface area contributed by atoms with Gasteiger partial charge in [-0.25, -0.2) is 8.78 Å². The standard InChI is InChI=1S/C20H21F2N3O2.ClH/c21-15-6-7-16(17(22)13-15)19(26)24-8-10-25(11-9-24)20(27)18(23)12-14-4-2-1-3-5-14;/h1-7,13,18H,8-12,23H2;1H/t18-;/m0./s1. The van der Waals surface area contributed by atoms with Gasteiger partial charge in [-0.15, -0.1) is 12.4 Å². The highest BCUT2D eigenvalue weighted by atomic mass is 35.5. The topological polar surface area (TPSA) is 66.6 Å². The molecule has 1 heterocycles. The zero-order valence-electron chi connectivity index (χ0n) is 15.2. The zero-order chi connectivity index (χ0) is 19.4. The van der Waals surface area contributed by atoms with Crippen LogP contribution in [0.3, 0.4) is 0 Å². The van der Waals surface area contributed by atoms with Gasteiger partial charge in [0, 0.05) is 32.2 Å². The summed E-state index contributed by atoms with van der Waals surface area (Å²) in [6.07, 6.45) is 0.444. The summed E-state index contributed by atoms with van der Waals surface area (Å²) in [5.41, 5.74) is 6.86. The number of halogens is 3. The molecule has 1 fully saturated rings. The predicted octanol–water partition coefficient (Wildman–Crippen LogP) is 2.24. The number of piperazine rings is 1. The zero-order valence-corrected chi connectivity index (χ0v) is 16.0. The van der Waals surface area contributed by atoms with E-state index in [0.717, 1.165) is 17.7 Å². The predicted molar refractivity (Wildman–Crippen MR) is 104 cm³/mol. The van der Waals surface area contributed by atoms with Gasteiger partial charge in [0.2, 0.25) is 5.91 Å². The summed E-state index contributed by atoms with van der Waals surface area (Å²) in [6, 6.07) is 11.8. The number of nitrogens with two attached hydrogens (primary N) is 1. The van der Waals surface area contributed by atoms with Gasteiger partial charge < -0.3 is 15.5 Å². The van der Waals surface area contributed by atoms with Gasteiger partial charge in [-0.3, -0.25) is 9.59 Å². The average Bonchev–Trinajstić information content (AvgIpc) is 2.68. The van der Waals surface area contributed by atoms with Crippen LogP contribution in [0.4, 0.5) is 8.78 Å². The molecule has 5 nitrogen and oxygen atoms in total. The summed E-state index contributed by atoms with van der Waals surface area (Å²) in [7, 11) is 0. The van der Waals surface area contributed by atoms with Crippen LogP contribution < -0.4 is 5.73 Å². The van der Waals surface area contributed by atoms with Crippen LogP contribution in [-0.2, 0) is 11.2 Å². The Morgan fingerprint density at radius 2 is 1.57 bits per heavy atom. The molecule has 8 heteroatoms. The fourth-order valence-corrected chi connectivity index (χ4v) is 3.15. The van der Waals surface area contributed by atoms with E-state index in [0.29, 0.717) is 25.6 Å². The molecular weight excluding hydrogens is 388 g/mol. The van der Waals surface area contributed by atoms with Crippen LogP contribution in [0.25, 0.3) is 0 Å². The highest BCUT2D eigenvalue weighted by molar-refractivity contribution is 5.94. The lowest BCUT2D eigenvalue weighted by Crippen LogP contribution is -2.54. The van der Waals surface area contributed by atoms with Gasteiger partial charge in [-0.1, -0.05) is 30.3 Å². The van der Waals surface area contributed by atoms with Crippen LogP contribution in [-0.4, -0.2) is 53.8 Å². The first-order valence-corrected chi connectivity index (χ1v) is 8.78. The van der Waals surface area contributed by atoms with E-state index in [-0.39, 0.29) is 37.0 Å². The van der Waals surface area contributed by atoms with Gasteiger partial charge in [-0.2, -0.15) is 0 Å². The lowest BCUT2D eigenvalue weighted by molar-refractivity contribution is -0.134. The van der Waals surface area contributed by atoms with Crippen molar-refractivity contribution in [2.75, 3.05) is 26.2 Å². The van der Waals surface area contributed by atoms with E-state index in [9.17, 15) is 18.4 Å². The van der Waals surface area contributed by atoms with Gasteiger partial charge >= 0.3 is 0 Å². The Kier molecular flexibility index (Phi) is 7.48. The van der Waals surface area contributed by atoms with Crippen LogP contribution in [0, 0.1) is 11.6 Å². The van der Waals surface area contributed by atoms with Crippen LogP contribution >= 0.6 is 12.4 Å². The molecule has 28 heavy (non-hydrogen) atoms. The minimum atomic E-state index is -0.886. The lowest BCUT2D eigenvalue weighted by atomic mass is 10.1. The van der Waals surface area contributed by atoms with Crippen LogP contribution in [0.15, 0.2) is 48.5 Å². The van der Waals surface area contributed by atoms with E-state index in [1.165, 1.54) is 4.90 Å². The molecule has 0 saturated carbocycles. The number of hydrogen-bond donors (Lipinski definition) is 1. The van der Waals surface area contributed by atoms with Crippen molar-refractivity contribution in [3.8, 4) is 0 Å². The molecule has 2 aromatic carbocycles. The summed E-state index contributed by atoms with van der Waals surface area (Å²) in [6.45, 7) is 1.21. The maximum absolute atomic E-state index is 13.8. The Labute approximate surface area is 168 Å². The molecular formula is C20H22ClF2N3O2. The number of nitrogens with zero attached hydrogens (tertiary/aromatic N) is 2. The molecule has 0 unspecified atom stereocenters. The van der Waals surface area contributed by atoms with Gasteiger partial charge in [0.15, 0.2) is 0 Å². The van der Waals surface area contributed by atoms with Gasteiger partial charge in [-0.05, 0) is 24.1 Å². The van der Waals surface area contributed by atoms with Gasteiger partial charge in [0.25, 0.3) is 5.91 Å². The number of amides is 2. The van der Waals surface area contributed by atoms with E-state index >= 15 is 0 Å². The second-order valence-corrected chi connectivity index (χ2v) is 6.54. The second-order valence-electron chi connectivity index (χ2n) is 6.54. The molecule has 0 aliphatic carbocycles. The summed E-state index contributed by atoms with van der Waals surface area (Å²) in [5, 5.41) is 0. The molecule has 0 aromatic heterocycles. The molecule has 1 saturated heterocycles. The van der Waals surface area contributed by atoms with Crippen LogP contribution in [0.5, 0.6) is 0 Å². The van der Waals surface area contributed by atoms with Crippen molar-refractivity contribution in [2.45, 2.75) is 12.5 Å². The third kappa shape index (κ3) is 5.05. The highest BCUT2D eigenvalue weighted by Crippen LogP contribution is 2.15. The van der Waals surface area contributed by atoms with E-state index in [4.69, 9.17) is 5.73 Å². The number of carbonyl (C=O) groups excluding carboxylic acids is 2. The first-order chi connectivity index (χ1) is 13.0. The summed E-state index contributed by atoms with van der Waals surface area (Å²) in [4.78, 5) is 28.0. The Morgan fingerprint density at radius 3 is 2.18 bits per heavy atom. The summed E-state index contributed by atoms with van der Waals surface area (Å²) >= 11 is 0. The maximum atomic E-state index is 13.8. The van der Waals surface area contributed by atoms with E-state index in [1.807, 2.05) is 30.3 Å². The Hall–Kier alpha value is -2.51. The van der Waals surface area contributed by atoms with E-state index in [1.54, 1.807) is 4.90 Å². The quantitative estimate of drug-likeness (QED) is 0.842. The monoisotopic (exact) mass is 409 g/mol. The molecule has 150 valence electrons. The molecule has 0 spiro atoms. The molecule has 0 radical (unpaired) electrons. The number of carbonyl (C=O) groups is 2. The molecule has 1 aliphatic heterocycles. The second kappa shape index (κ2) is 9.61. The van der Waals surface area contributed by atoms with Crippen molar-refractivity contribution in [2.24, 2.45) is 5.73 Å². The minimum Gasteiger partial charge on any atom is -0.338 e. The van der Waals surface area contributed by atoms with Gasteiger partial charge in [0.1, 0.15) is 11.6 Å². The van der Waals surface area contributed by atoms with Crippen molar-refractivity contribution in [3.05, 3.63) is 71.3 Å². The van der Waals surface area contributed by atoms with E-state index in [2.05, 4.69) is 0 Å². The fourth-order valence-electron chi connectivity index (χ4n) is 3.15. The Morgan fingerprint density at radius 1 is 0.964 bits per heavy atom. The summed E-state index contributed by atoms with van der Waals surface area (Å²) < 4.78 is 26.8. The van der Waals surface area contributed by atoms with Crippen LogP contribution in [0.2, 0.25) is 0 Å². The fraction of sp³-hybridized carbons (Fsp3) is 0.300. The molecule has 2 N–H and O–H groups in total. The maximum Gasteiger partial charge on any atom is 0.256 e.